The Labute approximate surface area is 140 Å². The van der Waals surface area contributed by atoms with Gasteiger partial charge in [0.05, 0.1) is 0 Å². The van der Waals surface area contributed by atoms with E-state index in [0.717, 1.165) is 5.56 Å². The second-order valence-corrected chi connectivity index (χ2v) is 6.53. The number of carboxylic acids is 1. The first kappa shape index (κ1) is 20.5. The van der Waals surface area contributed by atoms with E-state index in [9.17, 15) is 9.59 Å². The summed E-state index contributed by atoms with van der Waals surface area (Å²) in [4.78, 5) is 21.3. The molecule has 5 nitrogen and oxygen atoms in total. The topological polar surface area (TPSA) is 75.6 Å². The summed E-state index contributed by atoms with van der Waals surface area (Å²) in [5.74, 6) is -1.09. The van der Waals surface area contributed by atoms with Crippen molar-refractivity contribution in [1.82, 2.24) is 5.32 Å². The van der Waals surface area contributed by atoms with E-state index in [0.29, 0.717) is 10.0 Å². The number of ether oxygens (including phenoxy) is 1. The van der Waals surface area contributed by atoms with Crippen LogP contribution in [0.1, 0.15) is 33.3 Å². The van der Waals surface area contributed by atoms with Crippen LogP contribution in [0.2, 0.25) is 10.0 Å². The first-order chi connectivity index (χ1) is 9.90. The maximum atomic E-state index is 11.0. The Morgan fingerprint density at radius 3 is 1.95 bits per heavy atom. The summed E-state index contributed by atoms with van der Waals surface area (Å²) in [6.45, 7) is 8.44. The molecule has 0 bridgehead atoms. The Bertz CT molecular complexity index is 476. The monoisotopic (exact) mass is 349 g/mol. The third-order valence-corrected chi connectivity index (χ3v) is 2.55. The number of halogens is 2. The lowest BCUT2D eigenvalue weighted by atomic mass is 10.2. The van der Waals surface area contributed by atoms with Gasteiger partial charge in [0.15, 0.2) is 0 Å². The summed E-state index contributed by atoms with van der Waals surface area (Å²) >= 11 is 11.3. The van der Waals surface area contributed by atoms with Crippen LogP contribution < -0.4 is 5.32 Å². The van der Waals surface area contributed by atoms with Crippen LogP contribution in [0.4, 0.5) is 4.79 Å². The number of carboxylic acid groups (broad SMARTS) is 1. The predicted molar refractivity (Wildman–Crippen MR) is 87.7 cm³/mol. The molecule has 124 valence electrons. The number of nitrogens with one attached hydrogen (secondary N) is 1. The summed E-state index contributed by atoms with van der Waals surface area (Å²) in [7, 11) is 0. The van der Waals surface area contributed by atoms with Crippen LogP contribution in [0, 0.1) is 6.92 Å². The van der Waals surface area contributed by atoms with Crippen LogP contribution in [0.15, 0.2) is 18.2 Å². The van der Waals surface area contributed by atoms with Gasteiger partial charge in [-0.25, -0.2) is 4.79 Å². The van der Waals surface area contributed by atoms with Crippen LogP contribution >= 0.6 is 23.2 Å². The molecule has 1 unspecified atom stereocenters. The predicted octanol–water partition coefficient (Wildman–Crippen LogP) is 4.29. The van der Waals surface area contributed by atoms with Crippen molar-refractivity contribution in [3.8, 4) is 0 Å². The summed E-state index contributed by atoms with van der Waals surface area (Å²) in [6, 6.07) is 4.52. The first-order valence-corrected chi connectivity index (χ1v) is 7.31. The fourth-order valence-electron chi connectivity index (χ4n) is 1.24. The first-order valence-electron chi connectivity index (χ1n) is 6.55. The molecule has 7 heteroatoms. The van der Waals surface area contributed by atoms with E-state index in [1.807, 2.05) is 19.1 Å². The third kappa shape index (κ3) is 10.3. The van der Waals surface area contributed by atoms with Crippen molar-refractivity contribution in [3.63, 3.8) is 0 Å². The number of carbonyl (C=O) groups is 2. The van der Waals surface area contributed by atoms with Crippen LogP contribution in [0.25, 0.3) is 0 Å². The van der Waals surface area contributed by atoms with Crippen molar-refractivity contribution in [2.24, 2.45) is 0 Å². The maximum absolute atomic E-state index is 11.0. The normalized spacial score (nSPS) is 11.8. The van der Waals surface area contributed by atoms with Crippen LogP contribution in [0.5, 0.6) is 0 Å². The highest BCUT2D eigenvalue weighted by atomic mass is 35.5. The Morgan fingerprint density at radius 1 is 1.18 bits per heavy atom. The number of aliphatic carboxylic acids is 1. The lowest BCUT2D eigenvalue weighted by molar-refractivity contribution is -0.139. The van der Waals surface area contributed by atoms with E-state index in [1.54, 1.807) is 26.8 Å². The highest BCUT2D eigenvalue weighted by Crippen LogP contribution is 2.17. The number of amides is 1. The molecular formula is C15H21Cl2NO4. The second-order valence-electron chi connectivity index (χ2n) is 5.65. The minimum absolute atomic E-state index is 0.609. The Kier molecular flexibility index (Phi) is 8.27. The van der Waals surface area contributed by atoms with Crippen molar-refractivity contribution in [1.29, 1.82) is 0 Å². The smallest absolute Gasteiger partial charge is 0.408 e. The average Bonchev–Trinajstić information content (AvgIpc) is 2.24. The van der Waals surface area contributed by atoms with Gasteiger partial charge < -0.3 is 15.2 Å². The molecular weight excluding hydrogens is 329 g/mol. The van der Waals surface area contributed by atoms with E-state index in [4.69, 9.17) is 33.0 Å². The molecule has 1 rings (SSSR count). The molecule has 0 aliphatic heterocycles. The van der Waals surface area contributed by atoms with Crippen molar-refractivity contribution in [2.75, 3.05) is 0 Å². The average molecular weight is 350 g/mol. The van der Waals surface area contributed by atoms with E-state index in [-0.39, 0.29) is 0 Å². The Hall–Kier alpha value is -1.46. The fraction of sp³-hybridized carbons (Fsp3) is 0.467. The summed E-state index contributed by atoms with van der Waals surface area (Å²) in [6.07, 6.45) is -0.720. The lowest BCUT2D eigenvalue weighted by Crippen LogP contribution is -2.41. The zero-order valence-electron chi connectivity index (χ0n) is 13.2. The van der Waals surface area contributed by atoms with Gasteiger partial charge in [-0.05, 0) is 58.4 Å². The molecule has 1 aromatic carbocycles. The Morgan fingerprint density at radius 2 is 1.64 bits per heavy atom. The molecule has 0 aliphatic rings. The minimum atomic E-state index is -1.09. The molecule has 0 aliphatic carbocycles. The number of aryl methyl sites for hydroxylation is 1. The highest BCUT2D eigenvalue weighted by molar-refractivity contribution is 6.34. The molecule has 0 fully saturated rings. The SMILES string of the molecule is CC(NC(=O)OC(C)(C)C)C(=O)O.Cc1cc(Cl)cc(Cl)c1. The van der Waals surface area contributed by atoms with Crippen LogP contribution in [0.3, 0.4) is 0 Å². The zero-order valence-corrected chi connectivity index (χ0v) is 14.7. The van der Waals surface area contributed by atoms with Gasteiger partial charge in [0.1, 0.15) is 11.6 Å². The van der Waals surface area contributed by atoms with Gasteiger partial charge >= 0.3 is 12.1 Å². The van der Waals surface area contributed by atoms with E-state index in [1.165, 1.54) is 6.92 Å². The van der Waals surface area contributed by atoms with E-state index < -0.39 is 23.7 Å². The van der Waals surface area contributed by atoms with Gasteiger partial charge in [-0.1, -0.05) is 23.2 Å². The van der Waals surface area contributed by atoms with Crippen molar-refractivity contribution in [2.45, 2.75) is 46.3 Å². The quantitative estimate of drug-likeness (QED) is 0.834. The molecule has 0 aromatic heterocycles. The zero-order chi connectivity index (χ0) is 17.5. The molecule has 0 radical (unpaired) electrons. The van der Waals surface area contributed by atoms with Crippen LogP contribution in [-0.4, -0.2) is 28.8 Å². The Balaban J connectivity index is 0.000000425. The third-order valence-electron chi connectivity index (χ3n) is 2.11. The van der Waals surface area contributed by atoms with Crippen molar-refractivity contribution >= 4 is 35.3 Å². The molecule has 22 heavy (non-hydrogen) atoms. The number of alkyl carbamates (subject to hydrolysis) is 1. The van der Waals surface area contributed by atoms with E-state index >= 15 is 0 Å². The van der Waals surface area contributed by atoms with Gasteiger partial charge in [0.25, 0.3) is 0 Å². The number of benzene rings is 1. The highest BCUT2D eigenvalue weighted by Gasteiger charge is 2.20. The fourth-order valence-corrected chi connectivity index (χ4v) is 1.87. The summed E-state index contributed by atoms with van der Waals surface area (Å²) in [5, 5.41) is 12.0. The number of rotatable bonds is 2. The largest absolute Gasteiger partial charge is 0.480 e. The summed E-state index contributed by atoms with van der Waals surface area (Å²) in [5.41, 5.74) is 0.481. The van der Waals surface area contributed by atoms with Gasteiger partial charge in [-0.3, -0.25) is 4.79 Å². The maximum Gasteiger partial charge on any atom is 0.408 e. The number of hydrogen-bond acceptors (Lipinski definition) is 3. The molecule has 0 heterocycles. The lowest BCUT2D eigenvalue weighted by Gasteiger charge is -2.20. The number of hydrogen-bond donors (Lipinski definition) is 2. The summed E-state index contributed by atoms with van der Waals surface area (Å²) < 4.78 is 4.85. The van der Waals surface area contributed by atoms with Crippen molar-refractivity contribution in [3.05, 3.63) is 33.8 Å². The molecule has 0 saturated heterocycles. The molecule has 1 aromatic rings. The molecule has 1 atom stereocenters. The second kappa shape index (κ2) is 8.86. The number of carbonyl (C=O) groups excluding carboxylic acids is 1. The van der Waals surface area contributed by atoms with Gasteiger partial charge in [-0.2, -0.15) is 0 Å². The van der Waals surface area contributed by atoms with Crippen LogP contribution in [-0.2, 0) is 9.53 Å². The minimum Gasteiger partial charge on any atom is -0.480 e. The van der Waals surface area contributed by atoms with E-state index in [2.05, 4.69) is 5.32 Å². The standard InChI is InChI=1S/C8H15NO4.C7H6Cl2/c1-5(6(10)11)9-7(12)13-8(2,3)4;1-5-2-6(8)4-7(9)3-5/h5H,1-4H3,(H,9,12)(H,10,11);2-4H,1H3. The molecule has 1 amide bonds. The van der Waals surface area contributed by atoms with Gasteiger partial charge in [0, 0.05) is 10.0 Å². The molecule has 0 saturated carbocycles. The van der Waals surface area contributed by atoms with Gasteiger partial charge in [-0.15, -0.1) is 0 Å². The van der Waals surface area contributed by atoms with Gasteiger partial charge in [0.2, 0.25) is 0 Å². The molecule has 0 spiro atoms. The molecule has 2 N–H and O–H groups in total. The van der Waals surface area contributed by atoms with Crippen molar-refractivity contribution < 1.29 is 19.4 Å².